The van der Waals surface area contributed by atoms with Crippen molar-refractivity contribution in [2.75, 3.05) is 28.4 Å². The van der Waals surface area contributed by atoms with Crippen LogP contribution in [0.4, 0.5) is 0 Å². The zero-order valence-corrected chi connectivity index (χ0v) is 93.6. The number of thiophene rings is 16. The molecule has 0 N–H and O–H groups in total. The van der Waals surface area contributed by atoms with Crippen molar-refractivity contribution in [1.82, 2.24) is 0 Å². The summed E-state index contributed by atoms with van der Waals surface area (Å²) in [4.78, 5) is 10.6. The van der Waals surface area contributed by atoms with Crippen LogP contribution in [0.25, 0.3) is 283 Å². The van der Waals surface area contributed by atoms with Crippen molar-refractivity contribution in [3.8, 4) is 107 Å². The summed E-state index contributed by atoms with van der Waals surface area (Å²) < 4.78 is 55.1. The van der Waals surface area contributed by atoms with Crippen LogP contribution in [0.5, 0.6) is 23.0 Å². The van der Waals surface area contributed by atoms with Gasteiger partial charge in [0.15, 0.2) is 0 Å². The number of aryl methyl sites for hydroxylation is 4. The summed E-state index contributed by atoms with van der Waals surface area (Å²) in [5, 5.41) is 22.0. The summed E-state index contributed by atoms with van der Waals surface area (Å²) in [6.07, 6.45) is 0. The third-order valence-electron chi connectivity index (χ3n) is 28.3. The second-order valence-corrected chi connectivity index (χ2v) is 54.3. The first kappa shape index (κ1) is 91.3. The summed E-state index contributed by atoms with van der Waals surface area (Å²) in [5.74, 6) is 3.55. The first-order chi connectivity index (χ1) is 72.6. The summed E-state index contributed by atoms with van der Waals surface area (Å²) >= 11 is 30.9. The lowest BCUT2D eigenvalue weighted by atomic mass is 10.1. The van der Waals surface area contributed by atoms with Gasteiger partial charge in [-0.05, 0) is 264 Å². The van der Waals surface area contributed by atoms with E-state index in [0.29, 0.717) is 0 Å². The average molecular weight is 2200 g/mol. The Morgan fingerprint density at radius 3 is 0.534 bits per heavy atom. The first-order valence-corrected chi connectivity index (χ1v) is 61.5. The highest BCUT2D eigenvalue weighted by molar-refractivity contribution is 7.43. The van der Waals surface area contributed by atoms with Crippen molar-refractivity contribution < 1.29 is 18.9 Å². The predicted octanol–water partition coefficient (Wildman–Crippen LogP) is 45.4. The van der Waals surface area contributed by atoms with Crippen LogP contribution in [0.15, 0.2) is 340 Å². The molecule has 32 rings (SSSR count). The van der Waals surface area contributed by atoms with Gasteiger partial charge >= 0.3 is 0 Å². The zero-order valence-electron chi connectivity index (χ0n) is 80.5. The minimum absolute atomic E-state index is 0.887. The molecule has 0 aliphatic carbocycles. The van der Waals surface area contributed by atoms with Crippen LogP contribution in [0.1, 0.15) is 22.3 Å². The molecule has 0 unspecified atom stereocenters. The van der Waals surface area contributed by atoms with Crippen molar-refractivity contribution in [1.29, 1.82) is 0 Å². The SMILES string of the molecule is COc1ccc(-c2cc3c(ccc4c3sc3c5ccc6sc(-c7ccc(OC)cc7)cc6c5sc43)s2)cc1.COc1ccc(-c2cc3ccc4c(sc5c6ccc7cc(-c8ccc(OC)cc8)sc7c6sc45)c3s2)cc1.Cc1cccc(-c2cc3c(ccc4c3sc3c5ccc6sc(-c7cccc(C)c7)cc6c5sc43)s2)c1.Cc1cccc(-c2cc3ccc4c(sc5c6ccc7cc(-c8cccc(C)c8)sc7c6sc45)c3s2)c1. The molecule has 16 aromatic carbocycles. The van der Waals surface area contributed by atoms with Gasteiger partial charge in [0, 0.05) is 141 Å². The number of fused-ring (bicyclic) bond motifs is 36. The largest absolute Gasteiger partial charge is 0.497 e. The molecular formula is C128H80O4S16. The van der Waals surface area contributed by atoms with E-state index >= 15 is 0 Å². The van der Waals surface area contributed by atoms with Crippen molar-refractivity contribution in [2.24, 2.45) is 0 Å². The predicted molar refractivity (Wildman–Crippen MR) is 671 cm³/mol. The normalized spacial score (nSPS) is 12.1. The van der Waals surface area contributed by atoms with Crippen LogP contribution in [-0.4, -0.2) is 28.4 Å². The molecule has 0 saturated heterocycles. The fraction of sp³-hybridized carbons (Fsp3) is 0.0625. The Hall–Kier alpha value is -12.9. The van der Waals surface area contributed by atoms with Gasteiger partial charge in [-0.25, -0.2) is 0 Å². The number of rotatable bonds is 12. The van der Waals surface area contributed by atoms with Gasteiger partial charge < -0.3 is 18.9 Å². The van der Waals surface area contributed by atoms with Gasteiger partial charge in [-0.2, -0.15) is 0 Å². The van der Waals surface area contributed by atoms with Gasteiger partial charge in [-0.15, -0.1) is 181 Å². The first-order valence-electron chi connectivity index (χ1n) is 48.5. The maximum Gasteiger partial charge on any atom is 0.118 e. The molecule has 0 amide bonds. The van der Waals surface area contributed by atoms with Crippen LogP contribution in [0.2, 0.25) is 0 Å². The Morgan fingerprint density at radius 1 is 0.135 bits per heavy atom. The monoisotopic (exact) mass is 2190 g/mol. The van der Waals surface area contributed by atoms with Crippen molar-refractivity contribution >= 4 is 380 Å². The van der Waals surface area contributed by atoms with Gasteiger partial charge in [-0.1, -0.05) is 192 Å². The third-order valence-corrected chi connectivity index (χ3v) is 48.9. The van der Waals surface area contributed by atoms with E-state index in [1.165, 1.54) is 305 Å². The van der Waals surface area contributed by atoms with Crippen LogP contribution < -0.4 is 18.9 Å². The molecule has 0 spiro atoms. The summed E-state index contributed by atoms with van der Waals surface area (Å²) in [5.41, 5.74) is 15.4. The number of ether oxygens (including phenoxy) is 4. The number of hydrogen-bond donors (Lipinski definition) is 0. The third kappa shape index (κ3) is 15.5. The fourth-order valence-corrected chi connectivity index (χ4v) is 42.0. The molecule has 0 radical (unpaired) electrons. The molecule has 0 atom stereocenters. The van der Waals surface area contributed by atoms with E-state index in [1.54, 1.807) is 28.4 Å². The quantitative estimate of drug-likeness (QED) is 0.122. The highest BCUT2D eigenvalue weighted by Crippen LogP contribution is 2.59. The molecule has 0 aliphatic heterocycles. The van der Waals surface area contributed by atoms with E-state index in [2.05, 4.69) is 319 Å². The Morgan fingerprint density at radius 2 is 0.318 bits per heavy atom. The Labute approximate surface area is 913 Å². The lowest BCUT2D eigenvalue weighted by Gasteiger charge is -2.00. The molecule has 0 fully saturated rings. The second kappa shape index (κ2) is 36.5. The minimum atomic E-state index is 0.887. The summed E-state index contributed by atoms with van der Waals surface area (Å²) in [7, 11) is 6.84. The number of benzene rings is 16. The highest BCUT2D eigenvalue weighted by Gasteiger charge is 2.27. The van der Waals surface area contributed by atoms with Gasteiger partial charge in [0.25, 0.3) is 0 Å². The van der Waals surface area contributed by atoms with Crippen LogP contribution in [0.3, 0.4) is 0 Å². The molecule has 20 heteroatoms. The Bertz CT molecular complexity index is 9780. The molecule has 32 aromatic rings. The minimum Gasteiger partial charge on any atom is -0.497 e. The van der Waals surface area contributed by atoms with E-state index in [-0.39, 0.29) is 0 Å². The van der Waals surface area contributed by atoms with Crippen molar-refractivity contribution in [2.45, 2.75) is 27.7 Å². The van der Waals surface area contributed by atoms with Gasteiger partial charge in [0.1, 0.15) is 23.0 Å². The van der Waals surface area contributed by atoms with Crippen LogP contribution in [-0.2, 0) is 0 Å². The van der Waals surface area contributed by atoms with Crippen LogP contribution in [0, 0.1) is 27.7 Å². The van der Waals surface area contributed by atoms with E-state index < -0.39 is 0 Å². The second-order valence-electron chi connectivity index (χ2n) is 37.6. The molecule has 16 heterocycles. The van der Waals surface area contributed by atoms with E-state index in [4.69, 9.17) is 18.9 Å². The Kier molecular flexibility index (Phi) is 22.5. The standard InChI is InChI=1S/2C32H20O2S4.2C32H20S4/c1-33-21-9-3-17(4-10-21)25-15-19-7-13-23-29(27(19)35-25)37-32-24-14-8-20-16-26(18-5-11-22(34-2)12-6-18)36-28(20)30(24)38-31(23)32;1-33-19-7-3-17(4-8-19)27-15-23-25(35-27)13-11-21-29(23)37-32-22-12-14-26-24(30(22)38-31(21)32)16-28(36-26)18-5-9-20(34-2)10-6-18;1-17-5-3-7-19(13-17)27-15-23-25(33-27)11-9-21-29(23)35-32-22-10-12-26-24(30(22)36-31(21)32)16-28(34-26)20-8-4-6-18(2)14-20;1-17-5-3-7-19(13-17)25-15-21-9-11-23-29(27(21)33-25)35-32-24-12-10-22-16-26(20-8-4-6-18(2)14-20)34-28(22)30(24)36-31(23)32/h2*3-16H,1-2H3;2*3-16H,1-2H3. The maximum atomic E-state index is 5.34. The highest BCUT2D eigenvalue weighted by atomic mass is 32.2. The molecule has 0 bridgehead atoms. The Balaban J connectivity index is 0.0000000930. The molecule has 4 nitrogen and oxygen atoms in total. The van der Waals surface area contributed by atoms with Crippen molar-refractivity contribution in [3.63, 3.8) is 0 Å². The fourth-order valence-electron chi connectivity index (χ4n) is 20.9. The zero-order chi connectivity index (χ0) is 98.7. The van der Waals surface area contributed by atoms with Crippen molar-refractivity contribution in [3.05, 3.63) is 362 Å². The van der Waals surface area contributed by atoms with Gasteiger partial charge in [0.2, 0.25) is 0 Å². The van der Waals surface area contributed by atoms with Gasteiger partial charge in [-0.3, -0.25) is 0 Å². The van der Waals surface area contributed by atoms with Crippen LogP contribution >= 0.6 is 181 Å². The molecule has 0 aliphatic rings. The summed E-state index contributed by atoms with van der Waals surface area (Å²) in [6.45, 7) is 8.67. The lowest BCUT2D eigenvalue weighted by molar-refractivity contribution is 0.415. The van der Waals surface area contributed by atoms with Gasteiger partial charge in [0.05, 0.1) is 104 Å². The molecule has 0 saturated carbocycles. The molecule has 16 aromatic heterocycles. The molecule has 712 valence electrons. The van der Waals surface area contributed by atoms with E-state index in [0.717, 1.165) is 23.0 Å². The smallest absolute Gasteiger partial charge is 0.118 e. The van der Waals surface area contributed by atoms with E-state index in [9.17, 15) is 0 Å². The average Bonchev–Trinajstić information content (AvgIpc) is 1.57. The maximum absolute atomic E-state index is 5.34. The summed E-state index contributed by atoms with van der Waals surface area (Å²) in [6, 6.07) is 125. The lowest BCUT2D eigenvalue weighted by Crippen LogP contribution is -1.81. The topological polar surface area (TPSA) is 36.9 Å². The number of hydrogen-bond acceptors (Lipinski definition) is 20. The molecule has 148 heavy (non-hydrogen) atoms. The molecular weight excluding hydrogens is 2110 g/mol. The number of methoxy groups -OCH3 is 4. The van der Waals surface area contributed by atoms with E-state index in [1.807, 2.05) is 230 Å².